The minimum absolute atomic E-state index is 0.644. The van der Waals surface area contributed by atoms with Gasteiger partial charge >= 0.3 is 0 Å². The Labute approximate surface area is 125 Å². The number of hydrogen-bond donors (Lipinski definition) is 0. The Hall–Kier alpha value is -2.29. The van der Waals surface area contributed by atoms with Gasteiger partial charge in [0.25, 0.3) is 0 Å². The van der Waals surface area contributed by atoms with Crippen LogP contribution in [0.1, 0.15) is 17.0 Å². The number of rotatable bonds is 4. The predicted octanol–water partition coefficient (Wildman–Crippen LogP) is 4.04. The first-order valence-electron chi connectivity index (χ1n) is 7.27. The van der Waals surface area contributed by atoms with Crippen molar-refractivity contribution in [3.63, 3.8) is 0 Å². The highest BCUT2D eigenvalue weighted by atomic mass is 16.5. The lowest BCUT2D eigenvalue weighted by atomic mass is 10.1. The average Bonchev–Trinajstić information content (AvgIpc) is 2.80. The number of nitrogens with zero attached hydrogens (tertiary/aromatic N) is 2. The van der Waals surface area contributed by atoms with Crippen molar-refractivity contribution in [1.29, 1.82) is 0 Å². The van der Waals surface area contributed by atoms with Crippen LogP contribution in [0.3, 0.4) is 0 Å². The molecule has 3 heteroatoms. The van der Waals surface area contributed by atoms with Crippen LogP contribution in [0.4, 0.5) is 0 Å². The molecule has 3 rings (SSSR count). The molecule has 0 fully saturated rings. The molecule has 0 N–H and O–H groups in total. The molecule has 0 aliphatic rings. The van der Waals surface area contributed by atoms with Crippen LogP contribution in [0, 0.1) is 20.8 Å². The van der Waals surface area contributed by atoms with Crippen molar-refractivity contribution in [3.05, 3.63) is 59.4 Å². The molecular weight excluding hydrogens is 260 g/mol. The van der Waals surface area contributed by atoms with E-state index in [0.29, 0.717) is 6.61 Å². The van der Waals surface area contributed by atoms with Crippen molar-refractivity contribution in [2.75, 3.05) is 6.61 Å². The molecule has 0 spiro atoms. The number of aryl methyl sites for hydroxylation is 2. The Kier molecular flexibility index (Phi) is 3.65. The summed E-state index contributed by atoms with van der Waals surface area (Å²) in [4.78, 5) is 4.58. The molecule has 0 amide bonds. The third-order valence-corrected chi connectivity index (χ3v) is 3.97. The number of fused-ring (bicyclic) bond motifs is 1. The maximum Gasteiger partial charge on any atom is 0.122 e. The summed E-state index contributed by atoms with van der Waals surface area (Å²) in [6, 6.07) is 14.4. The largest absolute Gasteiger partial charge is 0.491 e. The summed E-state index contributed by atoms with van der Waals surface area (Å²) in [5.41, 5.74) is 4.68. The molecule has 0 radical (unpaired) electrons. The maximum absolute atomic E-state index is 5.95. The van der Waals surface area contributed by atoms with Gasteiger partial charge in [-0.15, -0.1) is 0 Å². The first-order valence-corrected chi connectivity index (χ1v) is 7.27. The van der Waals surface area contributed by atoms with Crippen LogP contribution in [-0.4, -0.2) is 16.2 Å². The van der Waals surface area contributed by atoms with Crippen molar-refractivity contribution in [2.45, 2.75) is 27.3 Å². The third-order valence-electron chi connectivity index (χ3n) is 3.97. The van der Waals surface area contributed by atoms with Crippen LogP contribution >= 0.6 is 0 Å². The summed E-state index contributed by atoms with van der Waals surface area (Å²) in [6.07, 6.45) is 0. The van der Waals surface area contributed by atoms with E-state index in [2.05, 4.69) is 35.5 Å². The van der Waals surface area contributed by atoms with E-state index in [1.165, 1.54) is 16.6 Å². The van der Waals surface area contributed by atoms with Gasteiger partial charge in [0.1, 0.15) is 18.2 Å². The molecule has 3 nitrogen and oxygen atoms in total. The Morgan fingerprint density at radius 2 is 1.81 bits per heavy atom. The number of hydrogen-bond acceptors (Lipinski definition) is 2. The van der Waals surface area contributed by atoms with Crippen molar-refractivity contribution in [1.82, 2.24) is 9.55 Å². The second-order valence-corrected chi connectivity index (χ2v) is 5.35. The zero-order valence-corrected chi connectivity index (χ0v) is 12.8. The molecule has 0 atom stereocenters. The second-order valence-electron chi connectivity index (χ2n) is 5.35. The summed E-state index contributed by atoms with van der Waals surface area (Å²) in [7, 11) is 0. The molecule has 108 valence electrons. The van der Waals surface area contributed by atoms with E-state index in [9.17, 15) is 0 Å². The van der Waals surface area contributed by atoms with Gasteiger partial charge in [0.05, 0.1) is 17.6 Å². The molecule has 1 heterocycles. The van der Waals surface area contributed by atoms with E-state index in [1.54, 1.807) is 0 Å². The highest BCUT2D eigenvalue weighted by molar-refractivity contribution is 5.75. The van der Waals surface area contributed by atoms with Crippen LogP contribution in [0.2, 0.25) is 0 Å². The lowest BCUT2D eigenvalue weighted by molar-refractivity contribution is 0.297. The zero-order valence-electron chi connectivity index (χ0n) is 12.8. The monoisotopic (exact) mass is 280 g/mol. The third kappa shape index (κ3) is 2.64. The molecule has 2 aromatic carbocycles. The lowest BCUT2D eigenvalue weighted by Crippen LogP contribution is -2.10. The first-order chi connectivity index (χ1) is 10.2. The topological polar surface area (TPSA) is 27.1 Å². The van der Waals surface area contributed by atoms with Crippen LogP contribution in [0.5, 0.6) is 5.75 Å². The van der Waals surface area contributed by atoms with Crippen molar-refractivity contribution in [2.24, 2.45) is 0 Å². The fourth-order valence-electron chi connectivity index (χ4n) is 2.61. The van der Waals surface area contributed by atoms with E-state index in [4.69, 9.17) is 4.74 Å². The van der Waals surface area contributed by atoms with Gasteiger partial charge in [-0.1, -0.05) is 24.3 Å². The smallest absolute Gasteiger partial charge is 0.122 e. The van der Waals surface area contributed by atoms with E-state index in [1.807, 2.05) is 37.3 Å². The van der Waals surface area contributed by atoms with Crippen molar-refractivity contribution >= 4 is 11.0 Å². The molecule has 0 aliphatic heterocycles. The van der Waals surface area contributed by atoms with E-state index in [-0.39, 0.29) is 0 Å². The fraction of sp³-hybridized carbons (Fsp3) is 0.278. The maximum atomic E-state index is 5.95. The predicted molar refractivity (Wildman–Crippen MR) is 85.9 cm³/mol. The lowest BCUT2D eigenvalue weighted by Gasteiger charge is -2.12. The number of ether oxygens (including phenoxy) is 1. The summed E-state index contributed by atoms with van der Waals surface area (Å²) in [5, 5.41) is 0. The number of imidazole rings is 1. The first kappa shape index (κ1) is 13.7. The second kappa shape index (κ2) is 5.60. The molecule has 1 aromatic heterocycles. The average molecular weight is 280 g/mol. The highest BCUT2D eigenvalue weighted by Gasteiger charge is 2.07. The van der Waals surface area contributed by atoms with Gasteiger partial charge in [-0.3, -0.25) is 0 Å². The molecule has 0 aliphatic carbocycles. The molecule has 0 bridgehead atoms. The van der Waals surface area contributed by atoms with Crippen LogP contribution in [0.25, 0.3) is 11.0 Å². The van der Waals surface area contributed by atoms with E-state index < -0.39 is 0 Å². The van der Waals surface area contributed by atoms with E-state index >= 15 is 0 Å². The summed E-state index contributed by atoms with van der Waals surface area (Å²) in [6.45, 7) is 7.70. The standard InChI is InChI=1S/C18H20N2O/c1-13-7-6-10-18(14(13)2)21-12-11-20-15(3)19-16-8-4-5-9-17(16)20/h4-10H,11-12H2,1-3H3. The molecular formula is C18H20N2O. The molecule has 0 saturated carbocycles. The number of benzene rings is 2. The highest BCUT2D eigenvalue weighted by Crippen LogP contribution is 2.21. The van der Waals surface area contributed by atoms with Crippen LogP contribution < -0.4 is 4.74 Å². The Morgan fingerprint density at radius 1 is 1.00 bits per heavy atom. The number of para-hydroxylation sites is 2. The summed E-state index contributed by atoms with van der Waals surface area (Å²) >= 11 is 0. The van der Waals surface area contributed by atoms with Gasteiger partial charge in [0, 0.05) is 0 Å². The SMILES string of the molecule is Cc1cccc(OCCn2c(C)nc3ccccc32)c1C. The Morgan fingerprint density at radius 3 is 2.67 bits per heavy atom. The molecule has 0 unspecified atom stereocenters. The van der Waals surface area contributed by atoms with Gasteiger partial charge in [-0.25, -0.2) is 4.98 Å². The van der Waals surface area contributed by atoms with Gasteiger partial charge in [0.2, 0.25) is 0 Å². The summed E-state index contributed by atoms with van der Waals surface area (Å²) < 4.78 is 8.16. The van der Waals surface area contributed by atoms with Crippen molar-refractivity contribution < 1.29 is 4.74 Å². The van der Waals surface area contributed by atoms with Gasteiger partial charge < -0.3 is 9.30 Å². The van der Waals surface area contributed by atoms with Crippen LogP contribution in [-0.2, 0) is 6.54 Å². The molecule has 3 aromatic rings. The Bertz CT molecular complexity index is 774. The Balaban J connectivity index is 1.75. The van der Waals surface area contributed by atoms with Gasteiger partial charge in [-0.2, -0.15) is 0 Å². The number of aromatic nitrogens is 2. The molecule has 21 heavy (non-hydrogen) atoms. The molecule has 0 saturated heterocycles. The minimum atomic E-state index is 0.644. The zero-order chi connectivity index (χ0) is 14.8. The minimum Gasteiger partial charge on any atom is -0.491 e. The van der Waals surface area contributed by atoms with Gasteiger partial charge in [0.15, 0.2) is 0 Å². The van der Waals surface area contributed by atoms with E-state index in [0.717, 1.165) is 23.6 Å². The van der Waals surface area contributed by atoms with Crippen molar-refractivity contribution in [3.8, 4) is 5.75 Å². The van der Waals surface area contributed by atoms with Gasteiger partial charge in [-0.05, 0) is 50.1 Å². The quantitative estimate of drug-likeness (QED) is 0.721. The normalized spacial score (nSPS) is 11.0. The van der Waals surface area contributed by atoms with Crippen LogP contribution in [0.15, 0.2) is 42.5 Å². The fourth-order valence-corrected chi connectivity index (χ4v) is 2.61. The summed E-state index contributed by atoms with van der Waals surface area (Å²) in [5.74, 6) is 2.00.